The molecule has 2 aromatic rings. The molecule has 0 aliphatic carbocycles. The van der Waals surface area contributed by atoms with Crippen molar-refractivity contribution in [3.8, 4) is 0 Å². The van der Waals surface area contributed by atoms with Gasteiger partial charge in [-0.2, -0.15) is 4.31 Å². The zero-order valence-corrected chi connectivity index (χ0v) is 15.7. The number of piperidine rings is 1. The van der Waals surface area contributed by atoms with Crippen LogP contribution < -0.4 is 0 Å². The van der Waals surface area contributed by atoms with E-state index in [1.807, 2.05) is 30.3 Å². The first-order valence-corrected chi connectivity index (χ1v) is 9.97. The van der Waals surface area contributed by atoms with Gasteiger partial charge in [0.1, 0.15) is 17.2 Å². The molecule has 0 N–H and O–H groups in total. The minimum atomic E-state index is -3.74. The van der Waals surface area contributed by atoms with Crippen molar-refractivity contribution < 1.29 is 22.5 Å². The Morgan fingerprint density at radius 3 is 2.69 bits per heavy atom. The first-order chi connectivity index (χ1) is 12.4. The molecule has 8 heteroatoms. The van der Waals surface area contributed by atoms with E-state index in [-0.39, 0.29) is 29.8 Å². The minimum Gasteiger partial charge on any atom is -0.461 e. The number of benzene rings is 1. The average molecular weight is 378 g/mol. The number of hydrogen-bond donors (Lipinski definition) is 0. The summed E-state index contributed by atoms with van der Waals surface area (Å²) in [6, 6.07) is 9.40. The molecule has 1 unspecified atom stereocenters. The second-order valence-corrected chi connectivity index (χ2v) is 8.32. The van der Waals surface area contributed by atoms with E-state index in [0.29, 0.717) is 25.1 Å². The summed E-state index contributed by atoms with van der Waals surface area (Å²) in [5, 5.41) is 3.72. The van der Waals surface area contributed by atoms with Gasteiger partial charge in [-0.25, -0.2) is 8.42 Å². The monoisotopic (exact) mass is 378 g/mol. The van der Waals surface area contributed by atoms with Crippen LogP contribution in [0.3, 0.4) is 0 Å². The summed E-state index contributed by atoms with van der Waals surface area (Å²) < 4.78 is 37.5. The fourth-order valence-corrected chi connectivity index (χ4v) is 4.99. The normalized spacial score (nSPS) is 18.6. The lowest BCUT2D eigenvalue weighted by Crippen LogP contribution is -2.43. The maximum atomic E-state index is 12.9. The van der Waals surface area contributed by atoms with Crippen LogP contribution in [0.5, 0.6) is 0 Å². The summed E-state index contributed by atoms with van der Waals surface area (Å²) >= 11 is 0. The molecule has 0 spiro atoms. The Hall–Kier alpha value is -2.19. The predicted octanol–water partition coefficient (Wildman–Crippen LogP) is 2.44. The second kappa shape index (κ2) is 7.59. The summed E-state index contributed by atoms with van der Waals surface area (Å²) in [6.45, 7) is 3.84. The highest BCUT2D eigenvalue weighted by molar-refractivity contribution is 7.89. The minimum absolute atomic E-state index is 0.0933. The molecule has 0 saturated carbocycles. The van der Waals surface area contributed by atoms with Gasteiger partial charge in [0.05, 0.1) is 5.92 Å². The molecule has 140 valence electrons. The van der Waals surface area contributed by atoms with Crippen molar-refractivity contribution in [3.63, 3.8) is 0 Å². The highest BCUT2D eigenvalue weighted by Crippen LogP contribution is 2.28. The van der Waals surface area contributed by atoms with Gasteiger partial charge >= 0.3 is 5.97 Å². The van der Waals surface area contributed by atoms with Crippen LogP contribution in [0.15, 0.2) is 39.8 Å². The van der Waals surface area contributed by atoms with Crippen molar-refractivity contribution in [2.24, 2.45) is 5.92 Å². The van der Waals surface area contributed by atoms with Crippen LogP contribution in [0.4, 0.5) is 0 Å². The molecule has 1 aromatic heterocycles. The smallest absolute Gasteiger partial charge is 0.310 e. The Morgan fingerprint density at radius 1 is 1.31 bits per heavy atom. The fraction of sp³-hybridized carbons (Fsp3) is 0.444. The van der Waals surface area contributed by atoms with Gasteiger partial charge in [-0.15, -0.1) is 0 Å². The molecular formula is C18H22N2O5S. The number of ether oxygens (including phenoxy) is 1. The van der Waals surface area contributed by atoms with Gasteiger partial charge in [0.15, 0.2) is 5.76 Å². The lowest BCUT2D eigenvalue weighted by atomic mass is 10.00. The Morgan fingerprint density at radius 2 is 2.04 bits per heavy atom. The molecular weight excluding hydrogens is 356 g/mol. The Kier molecular flexibility index (Phi) is 5.43. The topological polar surface area (TPSA) is 89.7 Å². The number of aromatic nitrogens is 1. The van der Waals surface area contributed by atoms with E-state index in [2.05, 4.69) is 5.16 Å². The Labute approximate surface area is 153 Å². The van der Waals surface area contributed by atoms with Crippen LogP contribution >= 0.6 is 0 Å². The number of nitrogens with zero attached hydrogens (tertiary/aromatic N) is 2. The van der Waals surface area contributed by atoms with Crippen LogP contribution in [0.2, 0.25) is 0 Å². The predicted molar refractivity (Wildman–Crippen MR) is 93.7 cm³/mol. The summed E-state index contributed by atoms with van der Waals surface area (Å²) in [5.41, 5.74) is 1.23. The lowest BCUT2D eigenvalue weighted by Gasteiger charge is -2.30. The first kappa shape index (κ1) is 18.6. The van der Waals surface area contributed by atoms with Crippen LogP contribution in [-0.2, 0) is 26.2 Å². The van der Waals surface area contributed by atoms with Gasteiger partial charge < -0.3 is 9.26 Å². The maximum Gasteiger partial charge on any atom is 0.310 e. The zero-order valence-electron chi connectivity index (χ0n) is 14.8. The standard InChI is InChI=1S/C18H22N2O5S/c1-13-17(14(2)25-19-13)26(22,23)20-10-6-9-16(11-20)18(21)24-12-15-7-4-3-5-8-15/h3-5,7-8,16H,6,9-12H2,1-2H3. The third kappa shape index (κ3) is 3.81. The number of aryl methyl sites for hydroxylation is 2. The van der Waals surface area contributed by atoms with E-state index in [0.717, 1.165) is 5.56 Å². The van der Waals surface area contributed by atoms with Crippen molar-refractivity contribution in [1.29, 1.82) is 0 Å². The van der Waals surface area contributed by atoms with Gasteiger partial charge in [-0.05, 0) is 32.3 Å². The molecule has 1 saturated heterocycles. The van der Waals surface area contributed by atoms with Gasteiger partial charge in [-0.3, -0.25) is 4.79 Å². The molecule has 1 aliphatic heterocycles. The van der Waals surface area contributed by atoms with E-state index in [9.17, 15) is 13.2 Å². The SMILES string of the molecule is Cc1noc(C)c1S(=O)(=O)N1CCCC(C(=O)OCc2ccccc2)C1. The van der Waals surface area contributed by atoms with E-state index >= 15 is 0 Å². The molecule has 1 aliphatic rings. The first-order valence-electron chi connectivity index (χ1n) is 8.53. The lowest BCUT2D eigenvalue weighted by molar-refractivity contribution is -0.151. The quantitative estimate of drug-likeness (QED) is 0.743. The van der Waals surface area contributed by atoms with Gasteiger partial charge in [0.2, 0.25) is 10.0 Å². The zero-order chi connectivity index (χ0) is 18.7. The molecule has 0 bridgehead atoms. The molecule has 2 heterocycles. The van der Waals surface area contributed by atoms with E-state index < -0.39 is 15.9 Å². The fourth-order valence-electron chi connectivity index (χ4n) is 3.17. The van der Waals surface area contributed by atoms with Crippen molar-refractivity contribution in [3.05, 3.63) is 47.3 Å². The largest absolute Gasteiger partial charge is 0.461 e. The number of carbonyl (C=O) groups is 1. The summed E-state index contributed by atoms with van der Waals surface area (Å²) in [4.78, 5) is 12.5. The van der Waals surface area contributed by atoms with Crippen LogP contribution in [-0.4, -0.2) is 36.9 Å². The molecule has 3 rings (SSSR count). The molecule has 1 aromatic carbocycles. The van der Waals surface area contributed by atoms with Crippen molar-refractivity contribution in [1.82, 2.24) is 9.46 Å². The third-order valence-electron chi connectivity index (χ3n) is 4.51. The van der Waals surface area contributed by atoms with Gasteiger partial charge in [0, 0.05) is 13.1 Å². The molecule has 1 atom stereocenters. The summed E-state index contributed by atoms with van der Waals surface area (Å²) in [5.74, 6) is -0.577. The summed E-state index contributed by atoms with van der Waals surface area (Å²) in [6.07, 6.45) is 1.22. The second-order valence-electron chi connectivity index (χ2n) is 6.45. The maximum absolute atomic E-state index is 12.9. The van der Waals surface area contributed by atoms with Crippen molar-refractivity contribution in [2.45, 2.75) is 38.2 Å². The average Bonchev–Trinajstić information content (AvgIpc) is 2.99. The highest BCUT2D eigenvalue weighted by atomic mass is 32.2. The number of sulfonamides is 1. The molecule has 0 radical (unpaired) electrons. The van der Waals surface area contributed by atoms with Crippen LogP contribution in [0.1, 0.15) is 29.9 Å². The van der Waals surface area contributed by atoms with Crippen LogP contribution in [0.25, 0.3) is 0 Å². The number of esters is 1. The van der Waals surface area contributed by atoms with E-state index in [1.54, 1.807) is 13.8 Å². The number of hydrogen-bond acceptors (Lipinski definition) is 6. The van der Waals surface area contributed by atoms with E-state index in [4.69, 9.17) is 9.26 Å². The third-order valence-corrected chi connectivity index (χ3v) is 6.62. The van der Waals surface area contributed by atoms with E-state index in [1.165, 1.54) is 4.31 Å². The number of rotatable bonds is 5. The molecule has 0 amide bonds. The molecule has 7 nitrogen and oxygen atoms in total. The number of carbonyl (C=O) groups excluding carboxylic acids is 1. The highest BCUT2D eigenvalue weighted by Gasteiger charge is 2.37. The van der Waals surface area contributed by atoms with Crippen molar-refractivity contribution in [2.75, 3.05) is 13.1 Å². The van der Waals surface area contributed by atoms with Gasteiger partial charge in [-0.1, -0.05) is 35.5 Å². The Balaban J connectivity index is 1.68. The molecule has 1 fully saturated rings. The summed E-state index contributed by atoms with van der Waals surface area (Å²) in [7, 11) is -3.74. The Bertz CT molecular complexity index is 857. The van der Waals surface area contributed by atoms with Crippen molar-refractivity contribution >= 4 is 16.0 Å². The van der Waals surface area contributed by atoms with Gasteiger partial charge in [0.25, 0.3) is 0 Å². The van der Waals surface area contributed by atoms with Crippen LogP contribution in [0, 0.1) is 19.8 Å². The molecule has 26 heavy (non-hydrogen) atoms.